The van der Waals surface area contributed by atoms with Gasteiger partial charge in [-0.25, -0.2) is 0 Å². The summed E-state index contributed by atoms with van der Waals surface area (Å²) < 4.78 is 0. The van der Waals surface area contributed by atoms with Crippen molar-refractivity contribution in [1.29, 1.82) is 0 Å². The minimum atomic E-state index is -0.390. The van der Waals surface area contributed by atoms with E-state index < -0.39 is 0 Å². The molecule has 1 unspecified atom stereocenters. The first-order valence-corrected chi connectivity index (χ1v) is 4.41. The van der Waals surface area contributed by atoms with Crippen molar-refractivity contribution in [3.63, 3.8) is 0 Å². The molecule has 1 rings (SSSR count). The predicted molar refractivity (Wildman–Crippen MR) is 46.8 cm³/mol. The fraction of sp³-hybridized carbons (Fsp3) is 0.571. The summed E-state index contributed by atoms with van der Waals surface area (Å²) in [5, 5.41) is 1.78. The lowest BCUT2D eigenvalue weighted by molar-refractivity contribution is 0.463. The van der Waals surface area contributed by atoms with Crippen molar-refractivity contribution in [2.24, 2.45) is 5.73 Å². The number of H-pyrrole nitrogens is 1. The number of hydrogen-bond acceptors (Lipinski definition) is 3. The van der Waals surface area contributed by atoms with Crippen molar-refractivity contribution in [3.8, 4) is 0 Å². The molecule has 62 valence electrons. The lowest BCUT2D eigenvalue weighted by Gasteiger charge is -2.19. The molecule has 0 aliphatic heterocycles. The Bertz CT molecular complexity index is 287. The first-order chi connectivity index (χ1) is 5.06. The number of aromatic amines is 1. The van der Waals surface area contributed by atoms with Gasteiger partial charge in [0.2, 0.25) is 0 Å². The maximum Gasteiger partial charge on any atom is 0.304 e. The normalized spacial score (nSPS) is 16.3. The summed E-state index contributed by atoms with van der Waals surface area (Å²) in [5.41, 5.74) is 6.33. The number of aromatic nitrogens is 1. The Labute approximate surface area is 69.3 Å². The minimum Gasteiger partial charge on any atom is -0.320 e. The molecule has 0 saturated carbocycles. The fourth-order valence-electron chi connectivity index (χ4n) is 0.749. The van der Waals surface area contributed by atoms with E-state index in [9.17, 15) is 4.79 Å². The van der Waals surface area contributed by atoms with Gasteiger partial charge in [0.25, 0.3) is 0 Å². The van der Waals surface area contributed by atoms with E-state index >= 15 is 0 Å². The molecule has 0 spiro atoms. The summed E-state index contributed by atoms with van der Waals surface area (Å²) in [6, 6.07) is 0. The number of nitrogens with one attached hydrogen (secondary N) is 1. The highest BCUT2D eigenvalue weighted by Gasteiger charge is 2.19. The first-order valence-electron chi connectivity index (χ1n) is 3.53. The average molecular weight is 172 g/mol. The average Bonchev–Trinajstić information content (AvgIpc) is 2.36. The standard InChI is InChI=1S/C7H12N2OS/c1-3-7(2,8)5-4-11-6(10)9-5/h4H,3,8H2,1-2H3,(H,9,10). The van der Waals surface area contributed by atoms with Gasteiger partial charge in [-0.05, 0) is 13.3 Å². The lowest BCUT2D eigenvalue weighted by Crippen LogP contribution is -2.32. The van der Waals surface area contributed by atoms with Crippen LogP contribution in [0.25, 0.3) is 0 Å². The SMILES string of the molecule is CCC(C)(N)c1csc(=O)[nH]1. The molecule has 0 aliphatic rings. The van der Waals surface area contributed by atoms with E-state index in [4.69, 9.17) is 5.73 Å². The van der Waals surface area contributed by atoms with Gasteiger partial charge in [-0.1, -0.05) is 18.3 Å². The van der Waals surface area contributed by atoms with Gasteiger partial charge in [-0.3, -0.25) is 4.79 Å². The molecule has 1 aromatic rings. The number of thiazole rings is 1. The lowest BCUT2D eigenvalue weighted by atomic mass is 9.97. The summed E-state index contributed by atoms with van der Waals surface area (Å²) in [6.45, 7) is 3.90. The van der Waals surface area contributed by atoms with Crippen LogP contribution < -0.4 is 10.6 Å². The van der Waals surface area contributed by atoms with Crippen LogP contribution in [0.15, 0.2) is 10.2 Å². The van der Waals surface area contributed by atoms with E-state index in [1.54, 1.807) is 5.38 Å². The van der Waals surface area contributed by atoms with Gasteiger partial charge in [-0.2, -0.15) is 0 Å². The zero-order valence-corrected chi connectivity index (χ0v) is 7.49. The van der Waals surface area contributed by atoms with Crippen LogP contribution in [0.5, 0.6) is 0 Å². The molecule has 0 aromatic carbocycles. The highest BCUT2D eigenvalue weighted by atomic mass is 32.1. The summed E-state index contributed by atoms with van der Waals surface area (Å²) in [5.74, 6) is 0. The van der Waals surface area contributed by atoms with Gasteiger partial charge < -0.3 is 10.7 Å². The second kappa shape index (κ2) is 2.79. The van der Waals surface area contributed by atoms with Gasteiger partial charge in [0.05, 0.1) is 5.54 Å². The van der Waals surface area contributed by atoms with Crippen molar-refractivity contribution in [2.75, 3.05) is 0 Å². The maximum absolute atomic E-state index is 10.8. The quantitative estimate of drug-likeness (QED) is 0.699. The third-order valence-electron chi connectivity index (χ3n) is 1.87. The van der Waals surface area contributed by atoms with Crippen LogP contribution >= 0.6 is 11.3 Å². The van der Waals surface area contributed by atoms with Crippen molar-refractivity contribution < 1.29 is 0 Å². The molecule has 0 amide bonds. The molecule has 0 bridgehead atoms. The van der Waals surface area contributed by atoms with Crippen LogP contribution in [0, 0.1) is 0 Å². The Morgan fingerprint density at radius 2 is 2.45 bits per heavy atom. The highest BCUT2D eigenvalue weighted by Crippen LogP contribution is 2.18. The number of rotatable bonds is 2. The molecule has 0 saturated heterocycles. The van der Waals surface area contributed by atoms with E-state index in [0.29, 0.717) is 0 Å². The summed E-state index contributed by atoms with van der Waals surface area (Å²) in [7, 11) is 0. The molecule has 0 radical (unpaired) electrons. The van der Waals surface area contributed by atoms with E-state index in [1.165, 1.54) is 0 Å². The fourth-order valence-corrected chi connectivity index (χ4v) is 1.47. The van der Waals surface area contributed by atoms with Gasteiger partial charge in [-0.15, -0.1) is 0 Å². The number of nitrogens with two attached hydrogens (primary N) is 1. The molecular weight excluding hydrogens is 160 g/mol. The topological polar surface area (TPSA) is 58.9 Å². The molecule has 0 fully saturated rings. The molecule has 3 N–H and O–H groups in total. The molecular formula is C7H12N2OS. The van der Waals surface area contributed by atoms with E-state index in [-0.39, 0.29) is 10.4 Å². The Morgan fingerprint density at radius 1 is 1.82 bits per heavy atom. The summed E-state index contributed by atoms with van der Waals surface area (Å²) in [6.07, 6.45) is 0.819. The van der Waals surface area contributed by atoms with Crippen molar-refractivity contribution in [3.05, 3.63) is 20.7 Å². The van der Waals surface area contributed by atoms with Crippen LogP contribution in [0.3, 0.4) is 0 Å². The monoisotopic (exact) mass is 172 g/mol. The predicted octanol–water partition coefficient (Wildman–Crippen LogP) is 1.02. The molecule has 4 heteroatoms. The Morgan fingerprint density at radius 3 is 2.82 bits per heavy atom. The Kier molecular flexibility index (Phi) is 2.15. The first kappa shape index (κ1) is 8.49. The summed E-state index contributed by atoms with van der Waals surface area (Å²) >= 11 is 1.16. The van der Waals surface area contributed by atoms with E-state index in [1.807, 2.05) is 13.8 Å². The van der Waals surface area contributed by atoms with Gasteiger partial charge in [0.1, 0.15) is 0 Å². The highest BCUT2D eigenvalue weighted by molar-refractivity contribution is 7.07. The minimum absolute atomic E-state index is 0.0369. The number of hydrogen-bond donors (Lipinski definition) is 2. The van der Waals surface area contributed by atoms with Gasteiger partial charge >= 0.3 is 4.87 Å². The third kappa shape index (κ3) is 1.70. The third-order valence-corrected chi connectivity index (χ3v) is 2.54. The molecule has 11 heavy (non-hydrogen) atoms. The zero-order valence-electron chi connectivity index (χ0n) is 6.68. The maximum atomic E-state index is 10.8. The van der Waals surface area contributed by atoms with Crippen LogP contribution in [0.2, 0.25) is 0 Å². The molecule has 3 nitrogen and oxygen atoms in total. The molecule has 1 aromatic heterocycles. The largest absolute Gasteiger partial charge is 0.320 e. The van der Waals surface area contributed by atoms with E-state index in [2.05, 4.69) is 4.98 Å². The molecule has 1 heterocycles. The molecule has 1 atom stereocenters. The van der Waals surface area contributed by atoms with Crippen LogP contribution in [0.1, 0.15) is 26.0 Å². The van der Waals surface area contributed by atoms with Crippen LogP contribution in [-0.4, -0.2) is 4.98 Å². The van der Waals surface area contributed by atoms with Crippen LogP contribution in [0.4, 0.5) is 0 Å². The Balaban J connectivity index is 3.01. The van der Waals surface area contributed by atoms with Gasteiger partial charge in [0, 0.05) is 11.1 Å². The Hall–Kier alpha value is -0.610. The zero-order chi connectivity index (χ0) is 8.48. The van der Waals surface area contributed by atoms with Crippen LogP contribution in [-0.2, 0) is 5.54 Å². The van der Waals surface area contributed by atoms with Crippen molar-refractivity contribution >= 4 is 11.3 Å². The van der Waals surface area contributed by atoms with Gasteiger partial charge in [0.15, 0.2) is 0 Å². The smallest absolute Gasteiger partial charge is 0.304 e. The summed E-state index contributed by atoms with van der Waals surface area (Å²) in [4.78, 5) is 13.4. The molecule has 0 aliphatic carbocycles. The van der Waals surface area contributed by atoms with Crippen molar-refractivity contribution in [1.82, 2.24) is 4.98 Å². The second-order valence-corrected chi connectivity index (χ2v) is 3.68. The van der Waals surface area contributed by atoms with E-state index in [0.717, 1.165) is 23.5 Å². The van der Waals surface area contributed by atoms with Crippen molar-refractivity contribution in [2.45, 2.75) is 25.8 Å². The second-order valence-electron chi connectivity index (χ2n) is 2.83.